The molecule has 1 aliphatic carbocycles. The summed E-state index contributed by atoms with van der Waals surface area (Å²) in [5.41, 5.74) is 3.93. The van der Waals surface area contributed by atoms with Crippen molar-refractivity contribution in [1.82, 2.24) is 9.88 Å². The first-order valence-electron chi connectivity index (χ1n) is 10.8. The molecule has 1 aromatic rings. The molecule has 1 aliphatic rings. The number of allylic oxidation sites excluding steroid dienone is 1. The van der Waals surface area contributed by atoms with Gasteiger partial charge in [-0.05, 0) is 70.6 Å². The number of aromatic nitrogens is 1. The Balaban J connectivity index is 1.95. The summed E-state index contributed by atoms with van der Waals surface area (Å²) in [6.07, 6.45) is 8.22. The van der Waals surface area contributed by atoms with Gasteiger partial charge in [0.05, 0.1) is 6.61 Å². The molecule has 7 heteroatoms. The summed E-state index contributed by atoms with van der Waals surface area (Å²) in [7, 11) is 1.64. The van der Waals surface area contributed by atoms with Crippen molar-refractivity contribution in [1.29, 1.82) is 5.26 Å². The number of hydrogen-bond acceptors (Lipinski definition) is 5. The Labute approximate surface area is 184 Å². The van der Waals surface area contributed by atoms with Gasteiger partial charge in [-0.3, -0.25) is 4.79 Å². The highest BCUT2D eigenvalue weighted by atomic mass is 16.5. The lowest BCUT2D eigenvalue weighted by Gasteiger charge is -2.15. The number of rotatable bonds is 10. The van der Waals surface area contributed by atoms with Crippen molar-refractivity contribution in [3.63, 3.8) is 0 Å². The van der Waals surface area contributed by atoms with Gasteiger partial charge in [0.25, 0.3) is 5.91 Å². The van der Waals surface area contributed by atoms with Gasteiger partial charge >= 0.3 is 5.97 Å². The molecule has 0 saturated carbocycles. The molecule has 0 bridgehead atoms. The van der Waals surface area contributed by atoms with E-state index in [-0.39, 0.29) is 11.5 Å². The Morgan fingerprint density at radius 3 is 2.77 bits per heavy atom. The molecule has 168 valence electrons. The van der Waals surface area contributed by atoms with E-state index in [2.05, 4.69) is 16.0 Å². The number of ether oxygens (including phenoxy) is 2. The predicted molar refractivity (Wildman–Crippen MR) is 119 cm³/mol. The number of nitrogens with zero attached hydrogens (tertiary/aromatic N) is 2. The molecule has 1 amide bonds. The monoisotopic (exact) mass is 427 g/mol. The number of methoxy groups -OCH3 is 1. The average Bonchev–Trinajstić information content (AvgIpc) is 3.03. The highest BCUT2D eigenvalue weighted by Gasteiger charge is 2.21. The van der Waals surface area contributed by atoms with Crippen molar-refractivity contribution in [2.45, 2.75) is 65.5 Å². The van der Waals surface area contributed by atoms with Crippen LogP contribution in [-0.2, 0) is 25.6 Å². The lowest BCUT2D eigenvalue weighted by molar-refractivity contribution is -0.150. The second kappa shape index (κ2) is 12.1. The average molecular weight is 428 g/mol. The molecule has 31 heavy (non-hydrogen) atoms. The molecular formula is C24H33N3O4. The Hall–Kier alpha value is -2.85. The second-order valence-corrected chi connectivity index (χ2v) is 7.84. The van der Waals surface area contributed by atoms with E-state index in [9.17, 15) is 14.9 Å². The number of nitrogens with one attached hydrogen (secondary N) is 1. The van der Waals surface area contributed by atoms with Gasteiger partial charge in [0.1, 0.15) is 11.6 Å². The van der Waals surface area contributed by atoms with Crippen LogP contribution in [0.2, 0.25) is 0 Å². The molecule has 0 radical (unpaired) electrons. The number of aryl methyl sites for hydroxylation is 1. The molecule has 0 aromatic carbocycles. The minimum absolute atomic E-state index is 0.140. The fourth-order valence-electron chi connectivity index (χ4n) is 3.69. The molecule has 1 heterocycles. The van der Waals surface area contributed by atoms with Gasteiger partial charge in [-0.1, -0.05) is 11.6 Å². The Kier molecular flexibility index (Phi) is 9.54. The van der Waals surface area contributed by atoms with Crippen molar-refractivity contribution in [2.24, 2.45) is 0 Å². The number of amides is 1. The SMILES string of the molecule is COCCn1c(C)cc(/C=C(/C#N)C(=O)OC(C)C(=O)NCCC2=CCCCC2)c1C. The first-order chi connectivity index (χ1) is 14.9. The summed E-state index contributed by atoms with van der Waals surface area (Å²) < 4.78 is 12.4. The van der Waals surface area contributed by atoms with E-state index in [1.54, 1.807) is 7.11 Å². The maximum Gasteiger partial charge on any atom is 0.349 e. The maximum absolute atomic E-state index is 12.5. The van der Waals surface area contributed by atoms with E-state index >= 15 is 0 Å². The lowest BCUT2D eigenvalue weighted by atomic mass is 9.97. The molecule has 1 N–H and O–H groups in total. The largest absolute Gasteiger partial charge is 0.448 e. The smallest absolute Gasteiger partial charge is 0.349 e. The van der Waals surface area contributed by atoms with Gasteiger partial charge in [0, 0.05) is 31.6 Å². The minimum atomic E-state index is -0.973. The first-order valence-corrected chi connectivity index (χ1v) is 10.8. The molecule has 1 aromatic heterocycles. The number of carbonyl (C=O) groups is 2. The van der Waals surface area contributed by atoms with Crippen molar-refractivity contribution < 1.29 is 19.1 Å². The van der Waals surface area contributed by atoms with Crippen LogP contribution < -0.4 is 5.32 Å². The van der Waals surface area contributed by atoms with Gasteiger partial charge in [0.2, 0.25) is 0 Å². The number of carbonyl (C=O) groups excluding carboxylic acids is 2. The predicted octanol–water partition coefficient (Wildman–Crippen LogP) is 3.60. The van der Waals surface area contributed by atoms with E-state index in [0.29, 0.717) is 19.7 Å². The lowest BCUT2D eigenvalue weighted by Crippen LogP contribution is -2.36. The van der Waals surface area contributed by atoms with E-state index in [4.69, 9.17) is 9.47 Å². The van der Waals surface area contributed by atoms with E-state index in [1.807, 2.05) is 26.0 Å². The number of hydrogen-bond donors (Lipinski definition) is 1. The van der Waals surface area contributed by atoms with E-state index in [1.165, 1.54) is 31.4 Å². The van der Waals surface area contributed by atoms with Crippen LogP contribution in [0.25, 0.3) is 6.08 Å². The quantitative estimate of drug-likeness (QED) is 0.267. The van der Waals surface area contributed by atoms with Gasteiger partial charge in [0.15, 0.2) is 6.10 Å². The normalized spacial score (nSPS) is 15.1. The summed E-state index contributed by atoms with van der Waals surface area (Å²) in [5.74, 6) is -1.17. The number of nitriles is 1. The molecule has 2 rings (SSSR count). The highest BCUT2D eigenvalue weighted by molar-refractivity contribution is 5.99. The fraction of sp³-hybridized carbons (Fsp3) is 0.542. The molecule has 0 aliphatic heterocycles. The van der Waals surface area contributed by atoms with Crippen LogP contribution in [0, 0.1) is 25.2 Å². The Morgan fingerprint density at radius 2 is 2.13 bits per heavy atom. The topological polar surface area (TPSA) is 93.3 Å². The van der Waals surface area contributed by atoms with Crippen molar-refractivity contribution >= 4 is 18.0 Å². The zero-order valence-corrected chi connectivity index (χ0v) is 19.0. The molecular weight excluding hydrogens is 394 g/mol. The Morgan fingerprint density at radius 1 is 1.35 bits per heavy atom. The highest BCUT2D eigenvalue weighted by Crippen LogP contribution is 2.20. The van der Waals surface area contributed by atoms with Crippen molar-refractivity contribution in [3.8, 4) is 6.07 Å². The molecule has 0 saturated heterocycles. The summed E-state index contributed by atoms with van der Waals surface area (Å²) in [6, 6.07) is 3.80. The first kappa shape index (κ1) is 24.4. The van der Waals surface area contributed by atoms with Gasteiger partial charge in [-0.25, -0.2) is 4.79 Å². The third kappa shape index (κ3) is 7.11. The molecule has 0 fully saturated rings. The van der Waals surface area contributed by atoms with Crippen LogP contribution in [0.4, 0.5) is 0 Å². The van der Waals surface area contributed by atoms with Crippen molar-refractivity contribution in [2.75, 3.05) is 20.3 Å². The summed E-state index contributed by atoms with van der Waals surface area (Å²) in [5, 5.41) is 12.3. The van der Waals surface area contributed by atoms with Gasteiger partial charge < -0.3 is 19.4 Å². The second-order valence-electron chi connectivity index (χ2n) is 7.84. The van der Waals surface area contributed by atoms with E-state index in [0.717, 1.165) is 36.2 Å². The third-order valence-corrected chi connectivity index (χ3v) is 5.56. The van der Waals surface area contributed by atoms with Crippen LogP contribution in [0.15, 0.2) is 23.3 Å². The van der Waals surface area contributed by atoms with Crippen LogP contribution in [0.1, 0.15) is 56.0 Å². The summed E-state index contributed by atoms with van der Waals surface area (Å²) in [6.45, 7) is 7.16. The minimum Gasteiger partial charge on any atom is -0.448 e. The molecule has 0 spiro atoms. The third-order valence-electron chi connectivity index (χ3n) is 5.56. The van der Waals surface area contributed by atoms with Gasteiger partial charge in [-0.15, -0.1) is 0 Å². The van der Waals surface area contributed by atoms with Crippen LogP contribution >= 0.6 is 0 Å². The molecule has 1 unspecified atom stereocenters. The zero-order valence-electron chi connectivity index (χ0n) is 19.0. The van der Waals surface area contributed by atoms with Crippen LogP contribution in [0.5, 0.6) is 0 Å². The maximum atomic E-state index is 12.5. The van der Waals surface area contributed by atoms with E-state index < -0.39 is 12.1 Å². The van der Waals surface area contributed by atoms with Gasteiger partial charge in [-0.2, -0.15) is 5.26 Å². The van der Waals surface area contributed by atoms with Crippen LogP contribution in [0.3, 0.4) is 0 Å². The fourth-order valence-corrected chi connectivity index (χ4v) is 3.69. The Bertz CT molecular complexity index is 889. The molecule has 1 atom stereocenters. The molecule has 7 nitrogen and oxygen atoms in total. The zero-order chi connectivity index (χ0) is 22.8. The van der Waals surface area contributed by atoms with Crippen LogP contribution in [-0.4, -0.2) is 42.8 Å². The van der Waals surface area contributed by atoms with Crippen molar-refractivity contribution in [3.05, 3.63) is 40.2 Å². The number of esters is 1. The summed E-state index contributed by atoms with van der Waals surface area (Å²) >= 11 is 0. The standard InChI is InChI=1S/C24H33N3O4/c1-17-14-21(18(2)27(17)12-13-30-4)15-22(16-25)24(29)31-19(3)23(28)26-11-10-20-8-6-5-7-9-20/h8,14-15,19H,5-7,9-13H2,1-4H3,(H,26,28)/b22-15-. The summed E-state index contributed by atoms with van der Waals surface area (Å²) in [4.78, 5) is 24.7.